The lowest BCUT2D eigenvalue weighted by Crippen LogP contribution is -2.33. The van der Waals surface area contributed by atoms with Crippen LogP contribution < -0.4 is 10.4 Å². The molecule has 1 N–H and O–H groups in total. The Hall–Kier alpha value is -2.60. The molecule has 1 aromatic heterocycles. The van der Waals surface area contributed by atoms with Gasteiger partial charge in [-0.25, -0.2) is 9.59 Å². The van der Waals surface area contributed by atoms with Gasteiger partial charge in [0.25, 0.3) is 0 Å². The van der Waals surface area contributed by atoms with E-state index in [0.717, 1.165) is 11.5 Å². The van der Waals surface area contributed by atoms with Gasteiger partial charge in [0, 0.05) is 30.0 Å². The molecule has 1 atom stereocenters. The zero-order chi connectivity index (χ0) is 16.9. The Labute approximate surface area is 132 Å². The summed E-state index contributed by atoms with van der Waals surface area (Å²) in [6, 6.07) is 8.16. The molecule has 0 spiro atoms. The van der Waals surface area contributed by atoms with Crippen LogP contribution in [-0.2, 0) is 9.53 Å². The van der Waals surface area contributed by atoms with Gasteiger partial charge in [0.05, 0.1) is 12.2 Å². The number of carbonyl (C=O) groups excluding carboxylic acids is 1. The van der Waals surface area contributed by atoms with E-state index in [4.69, 9.17) is 13.9 Å². The summed E-state index contributed by atoms with van der Waals surface area (Å²) < 4.78 is 15.4. The first-order valence-electron chi connectivity index (χ1n) is 7.08. The van der Waals surface area contributed by atoms with E-state index in [2.05, 4.69) is 6.58 Å². The number of carbonyl (C=O) groups is 1. The predicted molar refractivity (Wildman–Crippen MR) is 84.4 cm³/mol. The first-order valence-corrected chi connectivity index (χ1v) is 7.08. The monoisotopic (exact) mass is 318 g/mol. The zero-order valence-electron chi connectivity index (χ0n) is 12.8. The maximum Gasteiger partial charge on any atom is 0.336 e. The highest BCUT2D eigenvalue weighted by Crippen LogP contribution is 2.20. The fourth-order valence-electron chi connectivity index (χ4n) is 1.88. The fourth-order valence-corrected chi connectivity index (χ4v) is 1.88. The van der Waals surface area contributed by atoms with Crippen molar-refractivity contribution in [3.63, 3.8) is 0 Å². The molecule has 0 saturated carbocycles. The molecule has 0 fully saturated rings. The second-order valence-electron chi connectivity index (χ2n) is 5.36. The lowest BCUT2D eigenvalue weighted by Gasteiger charge is -2.22. The van der Waals surface area contributed by atoms with E-state index < -0.39 is 17.2 Å². The molecule has 6 heteroatoms. The molecule has 1 unspecified atom stereocenters. The molecule has 122 valence electrons. The summed E-state index contributed by atoms with van der Waals surface area (Å²) in [5.74, 6) is -0.0681. The van der Waals surface area contributed by atoms with Gasteiger partial charge >= 0.3 is 11.6 Å². The number of aliphatic hydroxyl groups is 1. The van der Waals surface area contributed by atoms with Crippen LogP contribution in [0.4, 0.5) is 0 Å². The first kappa shape index (κ1) is 16.8. The minimum absolute atomic E-state index is 0.145. The van der Waals surface area contributed by atoms with Crippen LogP contribution in [0.1, 0.15) is 13.3 Å². The number of benzene rings is 1. The third-order valence-corrected chi connectivity index (χ3v) is 3.20. The summed E-state index contributed by atoms with van der Waals surface area (Å²) in [5, 5.41) is 10.9. The van der Waals surface area contributed by atoms with E-state index in [-0.39, 0.29) is 19.6 Å². The molecule has 23 heavy (non-hydrogen) atoms. The Morgan fingerprint density at radius 3 is 2.87 bits per heavy atom. The van der Waals surface area contributed by atoms with Gasteiger partial charge in [0.1, 0.15) is 17.9 Å². The molecule has 0 aliphatic heterocycles. The predicted octanol–water partition coefficient (Wildman–Crippen LogP) is 2.04. The third-order valence-electron chi connectivity index (χ3n) is 3.20. The van der Waals surface area contributed by atoms with E-state index in [1.807, 2.05) is 0 Å². The molecule has 1 heterocycles. The number of rotatable bonds is 7. The second kappa shape index (κ2) is 7.11. The molecule has 2 aromatic rings. The van der Waals surface area contributed by atoms with Crippen LogP contribution in [0.15, 0.2) is 52.2 Å². The Bertz CT molecular complexity index is 759. The van der Waals surface area contributed by atoms with Crippen LogP contribution in [0.3, 0.4) is 0 Å². The van der Waals surface area contributed by atoms with Crippen LogP contribution in [0.25, 0.3) is 11.0 Å². The van der Waals surface area contributed by atoms with Gasteiger partial charge in [-0.2, -0.15) is 0 Å². The van der Waals surface area contributed by atoms with Crippen molar-refractivity contribution in [2.75, 3.05) is 13.2 Å². The molecule has 0 saturated heterocycles. The van der Waals surface area contributed by atoms with Crippen molar-refractivity contribution in [3.8, 4) is 5.75 Å². The maximum atomic E-state index is 11.2. The van der Waals surface area contributed by atoms with Crippen molar-refractivity contribution in [1.29, 1.82) is 0 Å². The molecule has 6 nitrogen and oxygen atoms in total. The van der Waals surface area contributed by atoms with Gasteiger partial charge in [-0.15, -0.1) is 0 Å². The molecule has 0 aliphatic rings. The highest BCUT2D eigenvalue weighted by atomic mass is 16.5. The Morgan fingerprint density at radius 1 is 1.39 bits per heavy atom. The average Bonchev–Trinajstić information content (AvgIpc) is 2.52. The third kappa shape index (κ3) is 4.96. The lowest BCUT2D eigenvalue weighted by atomic mass is 10.1. The summed E-state index contributed by atoms with van der Waals surface area (Å²) >= 11 is 0. The van der Waals surface area contributed by atoms with E-state index in [1.165, 1.54) is 6.07 Å². The van der Waals surface area contributed by atoms with E-state index in [0.29, 0.717) is 11.3 Å². The van der Waals surface area contributed by atoms with Gasteiger partial charge in [-0.3, -0.25) is 0 Å². The Morgan fingerprint density at radius 2 is 2.13 bits per heavy atom. The first-order chi connectivity index (χ1) is 10.9. The number of fused-ring (bicyclic) bond motifs is 1. The SMILES string of the molecule is C=CC(=O)OCC(C)(O)CCOc1ccc2ccc(=O)oc2c1. The number of hydrogen-bond acceptors (Lipinski definition) is 6. The second-order valence-corrected chi connectivity index (χ2v) is 5.36. The van der Waals surface area contributed by atoms with Gasteiger partial charge < -0.3 is 19.0 Å². The van der Waals surface area contributed by atoms with Crippen LogP contribution >= 0.6 is 0 Å². The molecule has 0 amide bonds. The van der Waals surface area contributed by atoms with E-state index in [9.17, 15) is 14.7 Å². The summed E-state index contributed by atoms with van der Waals surface area (Å²) in [7, 11) is 0. The Kier molecular flexibility index (Phi) is 5.18. The van der Waals surface area contributed by atoms with Gasteiger partial charge in [0.2, 0.25) is 0 Å². The van der Waals surface area contributed by atoms with Crippen LogP contribution in [0.5, 0.6) is 5.75 Å². The quantitative estimate of drug-likeness (QED) is 0.478. The lowest BCUT2D eigenvalue weighted by molar-refractivity contribution is -0.145. The van der Waals surface area contributed by atoms with Gasteiger partial charge in [-0.1, -0.05) is 6.58 Å². The molecule has 0 bridgehead atoms. The fraction of sp³-hybridized carbons (Fsp3) is 0.294. The standard InChI is InChI=1S/C17H18O6/c1-3-15(18)22-11-17(2,20)8-9-21-13-6-4-12-5-7-16(19)23-14(12)10-13/h3-7,10,20H,1,8-9,11H2,2H3. The molecular formula is C17H18O6. The Balaban J connectivity index is 1.91. The van der Waals surface area contributed by atoms with Crippen molar-refractivity contribution < 1.29 is 23.8 Å². The highest BCUT2D eigenvalue weighted by Gasteiger charge is 2.22. The summed E-state index contributed by atoms with van der Waals surface area (Å²) in [5.41, 5.74) is -1.20. The smallest absolute Gasteiger partial charge is 0.336 e. The van der Waals surface area contributed by atoms with Crippen LogP contribution in [-0.4, -0.2) is 29.9 Å². The number of ether oxygens (including phenoxy) is 2. The molecule has 0 radical (unpaired) electrons. The largest absolute Gasteiger partial charge is 0.493 e. The summed E-state index contributed by atoms with van der Waals surface area (Å²) in [6.45, 7) is 4.89. The van der Waals surface area contributed by atoms with Crippen molar-refractivity contribution >= 4 is 16.9 Å². The summed E-state index contributed by atoms with van der Waals surface area (Å²) in [6.07, 6.45) is 1.30. The molecule has 0 aliphatic carbocycles. The van der Waals surface area contributed by atoms with Crippen molar-refractivity contribution in [2.24, 2.45) is 0 Å². The van der Waals surface area contributed by atoms with E-state index >= 15 is 0 Å². The minimum atomic E-state index is -1.21. The maximum absolute atomic E-state index is 11.2. The normalized spacial score (nSPS) is 13.3. The van der Waals surface area contributed by atoms with Crippen LogP contribution in [0.2, 0.25) is 0 Å². The zero-order valence-corrected chi connectivity index (χ0v) is 12.8. The molecule has 1 aromatic carbocycles. The topological polar surface area (TPSA) is 86.0 Å². The summed E-state index contributed by atoms with van der Waals surface area (Å²) in [4.78, 5) is 22.2. The number of hydrogen-bond donors (Lipinski definition) is 1. The number of esters is 1. The molecular weight excluding hydrogens is 300 g/mol. The van der Waals surface area contributed by atoms with Crippen molar-refractivity contribution in [3.05, 3.63) is 53.4 Å². The van der Waals surface area contributed by atoms with Crippen molar-refractivity contribution in [1.82, 2.24) is 0 Å². The molecule has 2 rings (SSSR count). The highest BCUT2D eigenvalue weighted by molar-refractivity contribution is 5.81. The van der Waals surface area contributed by atoms with Crippen molar-refractivity contribution in [2.45, 2.75) is 18.9 Å². The van der Waals surface area contributed by atoms with Gasteiger partial charge in [-0.05, 0) is 25.1 Å². The van der Waals surface area contributed by atoms with E-state index in [1.54, 1.807) is 31.2 Å². The average molecular weight is 318 g/mol. The van der Waals surface area contributed by atoms with Gasteiger partial charge in [0.15, 0.2) is 0 Å². The van der Waals surface area contributed by atoms with Crippen LogP contribution in [0, 0.1) is 0 Å². The minimum Gasteiger partial charge on any atom is -0.493 e.